The topological polar surface area (TPSA) is 41.0 Å². The van der Waals surface area contributed by atoms with E-state index in [9.17, 15) is 0 Å². The lowest BCUT2D eigenvalue weighted by Crippen LogP contribution is -2.51. The van der Waals surface area contributed by atoms with E-state index in [2.05, 4.69) is 34.0 Å². The molecule has 1 aromatic heterocycles. The molecule has 1 N–H and O–H groups in total. The zero-order chi connectivity index (χ0) is 12.8. The van der Waals surface area contributed by atoms with Crippen molar-refractivity contribution in [2.45, 2.75) is 51.6 Å². The molecule has 1 aromatic rings. The number of rotatable bonds is 5. The van der Waals surface area contributed by atoms with Gasteiger partial charge in [0.2, 0.25) is 0 Å². The summed E-state index contributed by atoms with van der Waals surface area (Å²) < 4.78 is 0. The van der Waals surface area contributed by atoms with E-state index in [0.717, 1.165) is 18.9 Å². The van der Waals surface area contributed by atoms with Crippen LogP contribution in [0.2, 0.25) is 0 Å². The van der Waals surface area contributed by atoms with E-state index in [1.807, 2.05) is 12.3 Å². The van der Waals surface area contributed by atoms with Gasteiger partial charge < -0.3 is 10.2 Å². The van der Waals surface area contributed by atoms with Gasteiger partial charge in [0.1, 0.15) is 12.1 Å². The third kappa shape index (κ3) is 3.19. The van der Waals surface area contributed by atoms with E-state index in [0.29, 0.717) is 12.1 Å². The normalized spacial score (nSPS) is 21.9. The second-order valence-electron chi connectivity index (χ2n) is 5.07. The summed E-state index contributed by atoms with van der Waals surface area (Å²) in [4.78, 5) is 10.9. The van der Waals surface area contributed by atoms with Crippen molar-refractivity contribution in [1.29, 1.82) is 0 Å². The average molecular weight is 248 g/mol. The van der Waals surface area contributed by atoms with Gasteiger partial charge in [-0.05, 0) is 45.2 Å². The smallest absolute Gasteiger partial charge is 0.132 e. The maximum absolute atomic E-state index is 4.40. The van der Waals surface area contributed by atoms with E-state index < -0.39 is 0 Å². The van der Waals surface area contributed by atoms with Crippen LogP contribution in [-0.2, 0) is 0 Å². The molecular weight excluding hydrogens is 224 g/mol. The molecule has 1 saturated heterocycles. The van der Waals surface area contributed by atoms with Gasteiger partial charge in [-0.2, -0.15) is 0 Å². The van der Waals surface area contributed by atoms with Crippen molar-refractivity contribution in [3.63, 3.8) is 0 Å². The SMILES string of the molecule is CCCNC(C)C1CCCCN1c1ccncn1. The first kappa shape index (κ1) is 13.3. The molecule has 2 heterocycles. The predicted molar refractivity (Wildman–Crippen MR) is 74.8 cm³/mol. The van der Waals surface area contributed by atoms with Gasteiger partial charge >= 0.3 is 0 Å². The molecular formula is C14H24N4. The molecule has 18 heavy (non-hydrogen) atoms. The van der Waals surface area contributed by atoms with Crippen molar-refractivity contribution < 1.29 is 0 Å². The molecule has 4 nitrogen and oxygen atoms in total. The Hall–Kier alpha value is -1.16. The number of aromatic nitrogens is 2. The lowest BCUT2D eigenvalue weighted by Gasteiger charge is -2.40. The maximum atomic E-state index is 4.40. The van der Waals surface area contributed by atoms with Crippen LogP contribution in [0.25, 0.3) is 0 Å². The Bertz CT molecular complexity index is 341. The van der Waals surface area contributed by atoms with Gasteiger partial charge in [0, 0.05) is 24.8 Å². The molecule has 0 aromatic carbocycles. The van der Waals surface area contributed by atoms with Crippen LogP contribution in [0.1, 0.15) is 39.5 Å². The van der Waals surface area contributed by atoms with Crippen molar-refractivity contribution >= 4 is 5.82 Å². The highest BCUT2D eigenvalue weighted by Gasteiger charge is 2.27. The van der Waals surface area contributed by atoms with Gasteiger partial charge in [0.05, 0.1) is 0 Å². The van der Waals surface area contributed by atoms with Crippen LogP contribution >= 0.6 is 0 Å². The molecule has 0 saturated carbocycles. The summed E-state index contributed by atoms with van der Waals surface area (Å²) in [6, 6.07) is 3.09. The van der Waals surface area contributed by atoms with Crippen molar-refractivity contribution in [2.75, 3.05) is 18.0 Å². The van der Waals surface area contributed by atoms with Crippen LogP contribution in [0.3, 0.4) is 0 Å². The summed E-state index contributed by atoms with van der Waals surface area (Å²) in [5.41, 5.74) is 0. The fourth-order valence-corrected chi connectivity index (χ4v) is 2.72. The molecule has 100 valence electrons. The molecule has 0 radical (unpaired) electrons. The molecule has 0 bridgehead atoms. The second-order valence-corrected chi connectivity index (χ2v) is 5.07. The lowest BCUT2D eigenvalue weighted by atomic mass is 9.96. The summed E-state index contributed by atoms with van der Waals surface area (Å²) in [5, 5.41) is 3.62. The van der Waals surface area contributed by atoms with Crippen LogP contribution in [0.5, 0.6) is 0 Å². The quantitative estimate of drug-likeness (QED) is 0.867. The highest BCUT2D eigenvalue weighted by molar-refractivity contribution is 5.39. The average Bonchev–Trinajstić information content (AvgIpc) is 2.45. The zero-order valence-electron chi connectivity index (χ0n) is 11.5. The lowest BCUT2D eigenvalue weighted by molar-refractivity contribution is 0.366. The minimum atomic E-state index is 0.514. The predicted octanol–water partition coefficient (Wildman–Crippen LogP) is 2.22. The van der Waals surface area contributed by atoms with E-state index in [4.69, 9.17) is 0 Å². The number of anilines is 1. The van der Waals surface area contributed by atoms with Crippen molar-refractivity contribution in [2.24, 2.45) is 0 Å². The zero-order valence-corrected chi connectivity index (χ0v) is 11.5. The first-order chi connectivity index (χ1) is 8.83. The first-order valence-electron chi connectivity index (χ1n) is 7.09. The van der Waals surface area contributed by atoms with Gasteiger partial charge in [0.25, 0.3) is 0 Å². The summed E-state index contributed by atoms with van der Waals surface area (Å²) in [5.74, 6) is 1.07. The Balaban J connectivity index is 2.06. The number of hydrogen-bond acceptors (Lipinski definition) is 4. The highest BCUT2D eigenvalue weighted by atomic mass is 15.2. The molecule has 0 amide bonds. The molecule has 1 aliphatic rings. The van der Waals surface area contributed by atoms with Crippen LogP contribution in [0.4, 0.5) is 5.82 Å². The largest absolute Gasteiger partial charge is 0.352 e. The third-order valence-corrected chi connectivity index (χ3v) is 3.70. The van der Waals surface area contributed by atoms with Crippen molar-refractivity contribution in [3.8, 4) is 0 Å². The van der Waals surface area contributed by atoms with Gasteiger partial charge in [0.15, 0.2) is 0 Å². The minimum Gasteiger partial charge on any atom is -0.352 e. The molecule has 0 aliphatic carbocycles. The summed E-state index contributed by atoms with van der Waals surface area (Å²) in [6.07, 6.45) is 8.50. The fraction of sp³-hybridized carbons (Fsp3) is 0.714. The van der Waals surface area contributed by atoms with E-state index >= 15 is 0 Å². The Morgan fingerprint density at radius 2 is 2.39 bits per heavy atom. The minimum absolute atomic E-state index is 0.514. The van der Waals surface area contributed by atoms with E-state index in [-0.39, 0.29) is 0 Å². The van der Waals surface area contributed by atoms with Crippen LogP contribution in [0.15, 0.2) is 18.6 Å². The van der Waals surface area contributed by atoms with Gasteiger partial charge in [-0.1, -0.05) is 6.92 Å². The Morgan fingerprint density at radius 3 is 3.11 bits per heavy atom. The van der Waals surface area contributed by atoms with Crippen LogP contribution < -0.4 is 10.2 Å². The maximum Gasteiger partial charge on any atom is 0.132 e. The number of hydrogen-bond donors (Lipinski definition) is 1. The van der Waals surface area contributed by atoms with Crippen LogP contribution in [-0.4, -0.2) is 35.1 Å². The molecule has 4 heteroatoms. The molecule has 0 spiro atoms. The Morgan fingerprint density at radius 1 is 1.50 bits per heavy atom. The van der Waals surface area contributed by atoms with E-state index in [1.54, 1.807) is 6.33 Å². The standard InChI is InChI=1S/C14H24N4/c1-3-8-16-12(2)13-6-4-5-10-18(13)14-7-9-15-11-17-14/h7,9,11-13,16H,3-6,8,10H2,1-2H3. The monoisotopic (exact) mass is 248 g/mol. The molecule has 2 unspecified atom stereocenters. The first-order valence-corrected chi connectivity index (χ1v) is 7.09. The number of nitrogens with zero attached hydrogens (tertiary/aromatic N) is 3. The molecule has 2 rings (SSSR count). The van der Waals surface area contributed by atoms with Gasteiger partial charge in [-0.3, -0.25) is 0 Å². The molecule has 2 atom stereocenters. The van der Waals surface area contributed by atoms with Crippen LogP contribution in [0, 0.1) is 0 Å². The Labute approximate surface area is 110 Å². The molecule has 1 fully saturated rings. The molecule has 1 aliphatic heterocycles. The summed E-state index contributed by atoms with van der Waals surface area (Å²) in [6.45, 7) is 6.71. The van der Waals surface area contributed by atoms with E-state index in [1.165, 1.54) is 25.7 Å². The second kappa shape index (κ2) is 6.69. The number of piperidine rings is 1. The number of nitrogens with one attached hydrogen (secondary N) is 1. The third-order valence-electron chi connectivity index (χ3n) is 3.70. The van der Waals surface area contributed by atoms with Crippen molar-refractivity contribution in [1.82, 2.24) is 15.3 Å². The summed E-state index contributed by atoms with van der Waals surface area (Å²) >= 11 is 0. The summed E-state index contributed by atoms with van der Waals surface area (Å²) in [7, 11) is 0. The van der Waals surface area contributed by atoms with Crippen molar-refractivity contribution in [3.05, 3.63) is 18.6 Å². The van der Waals surface area contributed by atoms with Gasteiger partial charge in [-0.15, -0.1) is 0 Å². The Kier molecular flexibility index (Phi) is 4.93. The van der Waals surface area contributed by atoms with Gasteiger partial charge in [-0.25, -0.2) is 9.97 Å². The fourth-order valence-electron chi connectivity index (χ4n) is 2.72. The highest BCUT2D eigenvalue weighted by Crippen LogP contribution is 2.24.